The van der Waals surface area contributed by atoms with Crippen LogP contribution in [0, 0.1) is 18.8 Å². The number of hydrogen-bond donors (Lipinski definition) is 0. The Hall–Kier alpha value is -1.16. The van der Waals surface area contributed by atoms with E-state index in [1.54, 1.807) is 0 Å². The first kappa shape index (κ1) is 20.2. The average molecular weight is 348 g/mol. The molecule has 142 valence electrons. The molecule has 1 aliphatic rings. The molecule has 1 aromatic heterocycles. The number of likely N-dealkylation sites (tertiary alicyclic amines) is 1. The van der Waals surface area contributed by atoms with Crippen LogP contribution in [0.4, 0.5) is 0 Å². The van der Waals surface area contributed by atoms with Crippen LogP contribution in [0.3, 0.4) is 0 Å². The molecule has 25 heavy (non-hydrogen) atoms. The lowest BCUT2D eigenvalue weighted by molar-refractivity contribution is -0.122. The number of nitrogens with zero attached hydrogens (tertiary/aromatic N) is 3. The summed E-state index contributed by atoms with van der Waals surface area (Å²) in [5.74, 6) is 1.42. The Morgan fingerprint density at radius 1 is 1.16 bits per heavy atom. The van der Waals surface area contributed by atoms with Crippen molar-refractivity contribution in [3.05, 3.63) is 18.0 Å². The van der Waals surface area contributed by atoms with Crippen molar-refractivity contribution in [2.24, 2.45) is 11.8 Å². The van der Waals surface area contributed by atoms with Gasteiger partial charge in [-0.2, -0.15) is 5.10 Å². The zero-order valence-electron chi connectivity index (χ0n) is 16.5. The summed E-state index contributed by atoms with van der Waals surface area (Å²) >= 11 is 0. The van der Waals surface area contributed by atoms with Crippen molar-refractivity contribution in [2.75, 3.05) is 19.6 Å². The van der Waals surface area contributed by atoms with E-state index >= 15 is 0 Å². The molecule has 0 radical (unpaired) electrons. The summed E-state index contributed by atoms with van der Waals surface area (Å²) in [4.78, 5) is 14.2. The van der Waals surface area contributed by atoms with Crippen molar-refractivity contribution in [2.45, 2.75) is 78.7 Å². The summed E-state index contributed by atoms with van der Waals surface area (Å²) in [7, 11) is 0. The van der Waals surface area contributed by atoms with E-state index in [0.717, 1.165) is 25.3 Å². The maximum Gasteiger partial charge on any atom is 0.135 e. The van der Waals surface area contributed by atoms with Gasteiger partial charge in [0.15, 0.2) is 0 Å². The van der Waals surface area contributed by atoms with Crippen LogP contribution in [0.5, 0.6) is 0 Å². The maximum absolute atomic E-state index is 11.6. The Balaban J connectivity index is 1.46. The van der Waals surface area contributed by atoms with Crippen LogP contribution in [-0.2, 0) is 11.3 Å². The number of aryl methyl sites for hydroxylation is 1. The van der Waals surface area contributed by atoms with Gasteiger partial charge in [-0.25, -0.2) is 0 Å². The van der Waals surface area contributed by atoms with Crippen LogP contribution in [0.25, 0.3) is 0 Å². The summed E-state index contributed by atoms with van der Waals surface area (Å²) in [5.41, 5.74) is 1.26. The van der Waals surface area contributed by atoms with Gasteiger partial charge in [-0.3, -0.25) is 9.48 Å². The number of rotatable bonds is 11. The van der Waals surface area contributed by atoms with E-state index in [9.17, 15) is 4.79 Å². The first-order valence-electron chi connectivity index (χ1n) is 10.3. The molecule has 0 atom stereocenters. The fourth-order valence-corrected chi connectivity index (χ4v) is 3.68. The number of hydrogen-bond acceptors (Lipinski definition) is 3. The highest BCUT2D eigenvalue weighted by Gasteiger charge is 2.19. The van der Waals surface area contributed by atoms with Crippen LogP contribution < -0.4 is 0 Å². The fourth-order valence-electron chi connectivity index (χ4n) is 3.68. The average Bonchev–Trinajstić information content (AvgIpc) is 3.00. The molecule has 0 aliphatic carbocycles. The van der Waals surface area contributed by atoms with Gasteiger partial charge in [-0.15, -0.1) is 0 Å². The van der Waals surface area contributed by atoms with Crippen molar-refractivity contribution >= 4 is 5.78 Å². The number of aromatic nitrogens is 2. The summed E-state index contributed by atoms with van der Waals surface area (Å²) in [6.07, 6.45) is 13.7. The van der Waals surface area contributed by atoms with E-state index < -0.39 is 0 Å². The molecule has 2 heterocycles. The molecule has 1 saturated heterocycles. The second kappa shape index (κ2) is 10.7. The van der Waals surface area contributed by atoms with Gasteiger partial charge in [0.05, 0.1) is 6.20 Å². The number of ketones is 1. The van der Waals surface area contributed by atoms with E-state index in [0.29, 0.717) is 5.78 Å². The lowest BCUT2D eigenvalue weighted by Crippen LogP contribution is -2.35. The number of Topliss-reactive ketones (excluding diaryl/α,β-unsaturated/α-hetero) is 1. The zero-order valence-corrected chi connectivity index (χ0v) is 16.5. The number of carbonyl (C=O) groups is 1. The number of piperidine rings is 1. The molecule has 0 unspecified atom stereocenters. The fraction of sp³-hybridized carbons (Fsp3) is 0.810. The highest BCUT2D eigenvalue weighted by atomic mass is 16.1. The van der Waals surface area contributed by atoms with Crippen LogP contribution in [0.2, 0.25) is 0 Å². The third-order valence-corrected chi connectivity index (χ3v) is 5.46. The first-order valence-corrected chi connectivity index (χ1v) is 10.3. The van der Waals surface area contributed by atoms with Gasteiger partial charge in [0.1, 0.15) is 5.78 Å². The Kier molecular flexibility index (Phi) is 8.66. The molecular formula is C21H37N3O. The smallest absolute Gasteiger partial charge is 0.135 e. The molecule has 1 fully saturated rings. The molecule has 2 rings (SSSR count). The van der Waals surface area contributed by atoms with Crippen molar-refractivity contribution in [1.29, 1.82) is 0 Å². The molecule has 0 aromatic carbocycles. The Morgan fingerprint density at radius 3 is 2.48 bits per heavy atom. The van der Waals surface area contributed by atoms with E-state index in [1.807, 2.05) is 20.0 Å². The molecule has 0 amide bonds. The lowest BCUT2D eigenvalue weighted by Gasteiger charge is -2.31. The quantitative estimate of drug-likeness (QED) is 0.554. The topological polar surface area (TPSA) is 38.1 Å². The van der Waals surface area contributed by atoms with Crippen molar-refractivity contribution in [1.82, 2.24) is 14.7 Å². The van der Waals surface area contributed by atoms with E-state index in [2.05, 4.69) is 27.8 Å². The molecular weight excluding hydrogens is 310 g/mol. The predicted molar refractivity (Wildman–Crippen MR) is 104 cm³/mol. The van der Waals surface area contributed by atoms with E-state index in [4.69, 9.17) is 0 Å². The van der Waals surface area contributed by atoms with Gasteiger partial charge in [-0.05, 0) is 63.7 Å². The second-order valence-corrected chi connectivity index (χ2v) is 8.16. The number of carbonyl (C=O) groups excluding carboxylic acids is 1. The van der Waals surface area contributed by atoms with Crippen molar-refractivity contribution in [3.63, 3.8) is 0 Å². The monoisotopic (exact) mass is 347 g/mol. The normalized spacial score (nSPS) is 16.6. The third-order valence-electron chi connectivity index (χ3n) is 5.46. The summed E-state index contributed by atoms with van der Waals surface area (Å²) in [6, 6.07) is 0. The molecule has 4 heteroatoms. The molecule has 0 N–H and O–H groups in total. The first-order chi connectivity index (χ1) is 12.0. The van der Waals surface area contributed by atoms with Gasteiger partial charge in [0, 0.05) is 25.1 Å². The van der Waals surface area contributed by atoms with Crippen LogP contribution in [0.1, 0.15) is 70.8 Å². The van der Waals surface area contributed by atoms with Crippen LogP contribution in [-0.4, -0.2) is 40.1 Å². The van der Waals surface area contributed by atoms with Gasteiger partial charge < -0.3 is 4.90 Å². The lowest BCUT2D eigenvalue weighted by atomic mass is 9.96. The van der Waals surface area contributed by atoms with Gasteiger partial charge in [0.25, 0.3) is 0 Å². The Labute approximate surface area is 154 Å². The minimum Gasteiger partial charge on any atom is -0.303 e. The van der Waals surface area contributed by atoms with Crippen LogP contribution in [0.15, 0.2) is 12.4 Å². The number of unbranched alkanes of at least 4 members (excludes halogenated alkanes) is 4. The zero-order chi connectivity index (χ0) is 18.1. The highest BCUT2D eigenvalue weighted by molar-refractivity contribution is 5.80. The predicted octanol–water partition coefficient (Wildman–Crippen LogP) is 4.47. The Morgan fingerprint density at radius 2 is 1.84 bits per heavy atom. The molecule has 1 aliphatic heterocycles. The Bertz CT molecular complexity index is 501. The molecule has 0 spiro atoms. The van der Waals surface area contributed by atoms with Gasteiger partial charge in [-0.1, -0.05) is 33.1 Å². The molecule has 0 bridgehead atoms. The third kappa shape index (κ3) is 7.72. The van der Waals surface area contributed by atoms with Crippen LogP contribution >= 0.6 is 0 Å². The van der Waals surface area contributed by atoms with E-state index in [-0.39, 0.29) is 5.92 Å². The maximum atomic E-state index is 11.6. The second-order valence-electron chi connectivity index (χ2n) is 8.16. The molecule has 1 aromatic rings. The van der Waals surface area contributed by atoms with Gasteiger partial charge >= 0.3 is 0 Å². The largest absolute Gasteiger partial charge is 0.303 e. The SMILES string of the molecule is Cc1cnn(CC2CCN(CCCCCCCC(=O)C(C)C)CC2)c1. The minimum atomic E-state index is 0.209. The van der Waals surface area contributed by atoms with Gasteiger partial charge in [0.2, 0.25) is 0 Å². The minimum absolute atomic E-state index is 0.209. The summed E-state index contributed by atoms with van der Waals surface area (Å²) < 4.78 is 2.11. The summed E-state index contributed by atoms with van der Waals surface area (Å²) in [6.45, 7) is 10.9. The standard InChI is InChI=1S/C21H37N3O/c1-18(2)21(25)9-7-5-4-6-8-12-23-13-10-20(11-14-23)17-24-16-19(3)15-22-24/h15-16,18,20H,4-14,17H2,1-3H3. The highest BCUT2D eigenvalue weighted by Crippen LogP contribution is 2.19. The summed E-state index contributed by atoms with van der Waals surface area (Å²) in [5, 5.41) is 4.42. The van der Waals surface area contributed by atoms with Crippen molar-refractivity contribution < 1.29 is 4.79 Å². The van der Waals surface area contributed by atoms with Crippen molar-refractivity contribution in [3.8, 4) is 0 Å². The van der Waals surface area contributed by atoms with E-state index in [1.165, 1.54) is 63.7 Å². The molecule has 0 saturated carbocycles. The molecule has 4 nitrogen and oxygen atoms in total.